The molecule has 0 aliphatic heterocycles. The Morgan fingerprint density at radius 3 is 2.85 bits per heavy atom. The number of nitrogens with two attached hydrogens (primary N) is 1. The normalized spacial score (nSPS) is 9.15. The Hall–Kier alpha value is -1.82. The Labute approximate surface area is 76.8 Å². The van der Waals surface area contributed by atoms with Crippen LogP contribution in [0.15, 0.2) is 18.2 Å². The molecule has 0 radical (unpaired) electrons. The molecule has 0 heterocycles. The second-order valence-corrected chi connectivity index (χ2v) is 2.73. The lowest BCUT2D eigenvalue weighted by molar-refractivity contribution is -0.107. The maximum atomic E-state index is 10.1. The second-order valence-electron chi connectivity index (χ2n) is 2.73. The number of nitrogen functional groups attached to an aromatic ring is 1. The van der Waals surface area contributed by atoms with E-state index in [9.17, 15) is 4.79 Å². The van der Waals surface area contributed by atoms with Gasteiger partial charge in [-0.3, -0.25) is 0 Å². The third-order valence-corrected chi connectivity index (χ3v) is 1.81. The van der Waals surface area contributed by atoms with Gasteiger partial charge in [-0.25, -0.2) is 0 Å². The molecule has 13 heavy (non-hydrogen) atoms. The number of nitriles is 1. The van der Waals surface area contributed by atoms with Gasteiger partial charge < -0.3 is 10.5 Å². The van der Waals surface area contributed by atoms with Crippen molar-refractivity contribution in [1.82, 2.24) is 0 Å². The van der Waals surface area contributed by atoms with Gasteiger partial charge in [0.1, 0.15) is 6.29 Å². The first-order valence-electron chi connectivity index (χ1n) is 4.00. The van der Waals surface area contributed by atoms with Crippen LogP contribution < -0.4 is 5.73 Å². The summed E-state index contributed by atoms with van der Waals surface area (Å²) in [6.07, 6.45) is 1.97. The number of anilines is 1. The predicted molar refractivity (Wildman–Crippen MR) is 50.0 cm³/mol. The third-order valence-electron chi connectivity index (χ3n) is 1.81. The molecule has 1 rings (SSSR count). The molecule has 0 amide bonds. The number of rotatable bonds is 3. The highest BCUT2D eigenvalue weighted by Crippen LogP contribution is 2.14. The molecule has 0 atom stereocenters. The summed E-state index contributed by atoms with van der Waals surface area (Å²) >= 11 is 0. The fourth-order valence-corrected chi connectivity index (χ4v) is 1.11. The van der Waals surface area contributed by atoms with Crippen LogP contribution >= 0.6 is 0 Å². The number of aryl methyl sites for hydroxylation is 1. The van der Waals surface area contributed by atoms with E-state index in [0.717, 1.165) is 11.8 Å². The molecule has 0 aliphatic rings. The van der Waals surface area contributed by atoms with E-state index >= 15 is 0 Å². The van der Waals surface area contributed by atoms with E-state index in [4.69, 9.17) is 11.0 Å². The van der Waals surface area contributed by atoms with Crippen molar-refractivity contribution in [3.63, 3.8) is 0 Å². The van der Waals surface area contributed by atoms with Crippen LogP contribution in [0.25, 0.3) is 0 Å². The van der Waals surface area contributed by atoms with Gasteiger partial charge in [-0.2, -0.15) is 5.26 Å². The highest BCUT2D eigenvalue weighted by Gasteiger charge is 1.99. The zero-order valence-electron chi connectivity index (χ0n) is 7.16. The number of hydrogen-bond acceptors (Lipinski definition) is 3. The summed E-state index contributed by atoms with van der Waals surface area (Å²) < 4.78 is 0. The van der Waals surface area contributed by atoms with E-state index in [-0.39, 0.29) is 0 Å². The van der Waals surface area contributed by atoms with Crippen LogP contribution in [0.1, 0.15) is 17.5 Å². The van der Waals surface area contributed by atoms with Crippen molar-refractivity contribution < 1.29 is 4.79 Å². The zero-order chi connectivity index (χ0) is 9.68. The lowest BCUT2D eigenvalue weighted by Crippen LogP contribution is -1.95. The first kappa shape index (κ1) is 9.27. The van der Waals surface area contributed by atoms with Crippen LogP contribution in [0, 0.1) is 11.3 Å². The van der Waals surface area contributed by atoms with Gasteiger partial charge in [0.25, 0.3) is 0 Å². The molecule has 2 N–H and O–H groups in total. The number of carbonyl (C=O) groups excluding carboxylic acids is 1. The average Bonchev–Trinajstić information content (AvgIpc) is 2.16. The maximum absolute atomic E-state index is 10.1. The van der Waals surface area contributed by atoms with Crippen molar-refractivity contribution in [2.75, 3.05) is 5.73 Å². The van der Waals surface area contributed by atoms with Gasteiger partial charge in [0.2, 0.25) is 0 Å². The largest absolute Gasteiger partial charge is 0.398 e. The van der Waals surface area contributed by atoms with E-state index in [0.29, 0.717) is 24.1 Å². The minimum Gasteiger partial charge on any atom is -0.398 e. The monoisotopic (exact) mass is 174 g/mol. The first-order chi connectivity index (χ1) is 6.27. The topological polar surface area (TPSA) is 66.9 Å². The number of benzene rings is 1. The predicted octanol–water partition coefficient (Wildman–Crippen LogP) is 1.27. The molecule has 1 aromatic carbocycles. The molecule has 0 saturated heterocycles. The Bertz CT molecular complexity index is 352. The molecule has 0 aliphatic carbocycles. The van der Waals surface area contributed by atoms with Crippen molar-refractivity contribution in [3.05, 3.63) is 29.3 Å². The summed E-state index contributed by atoms with van der Waals surface area (Å²) in [5.74, 6) is 0. The van der Waals surface area contributed by atoms with Gasteiger partial charge in [-0.15, -0.1) is 0 Å². The van der Waals surface area contributed by atoms with Crippen molar-refractivity contribution >= 4 is 12.0 Å². The molecule has 66 valence electrons. The highest BCUT2D eigenvalue weighted by atomic mass is 16.1. The van der Waals surface area contributed by atoms with Crippen molar-refractivity contribution in [2.24, 2.45) is 0 Å². The van der Waals surface area contributed by atoms with Crippen LogP contribution in [0.2, 0.25) is 0 Å². The van der Waals surface area contributed by atoms with Crippen molar-refractivity contribution in [2.45, 2.75) is 12.8 Å². The minimum atomic E-state index is 0.468. The van der Waals surface area contributed by atoms with E-state index in [1.807, 2.05) is 6.07 Å². The van der Waals surface area contributed by atoms with Gasteiger partial charge in [-0.05, 0) is 24.1 Å². The molecular weight excluding hydrogens is 164 g/mol. The second kappa shape index (κ2) is 4.27. The van der Waals surface area contributed by atoms with Gasteiger partial charge >= 0.3 is 0 Å². The molecular formula is C10H10N2O. The summed E-state index contributed by atoms with van der Waals surface area (Å²) in [5, 5.41) is 8.57. The fraction of sp³-hybridized carbons (Fsp3) is 0.200. The molecule has 3 nitrogen and oxygen atoms in total. The first-order valence-corrected chi connectivity index (χ1v) is 4.00. The Kier molecular flexibility index (Phi) is 3.04. The van der Waals surface area contributed by atoms with Gasteiger partial charge in [0.05, 0.1) is 11.6 Å². The van der Waals surface area contributed by atoms with Crippen LogP contribution in [-0.4, -0.2) is 6.29 Å². The molecule has 3 heteroatoms. The Morgan fingerprint density at radius 2 is 2.31 bits per heavy atom. The fourth-order valence-electron chi connectivity index (χ4n) is 1.11. The minimum absolute atomic E-state index is 0.468. The molecule has 1 aromatic rings. The van der Waals surface area contributed by atoms with E-state index in [1.165, 1.54) is 0 Å². The molecule has 0 saturated carbocycles. The summed E-state index contributed by atoms with van der Waals surface area (Å²) in [4.78, 5) is 10.1. The maximum Gasteiger partial charge on any atom is 0.120 e. The lowest BCUT2D eigenvalue weighted by Gasteiger charge is -2.02. The number of hydrogen-bond donors (Lipinski definition) is 1. The van der Waals surface area contributed by atoms with Gasteiger partial charge in [0, 0.05) is 12.1 Å². The quantitative estimate of drug-likeness (QED) is 0.554. The highest BCUT2D eigenvalue weighted by molar-refractivity contribution is 5.55. The summed E-state index contributed by atoms with van der Waals surface area (Å²) in [6, 6.07) is 7.12. The molecule has 0 fully saturated rings. The summed E-state index contributed by atoms with van der Waals surface area (Å²) in [5.41, 5.74) is 7.73. The van der Waals surface area contributed by atoms with Crippen LogP contribution in [-0.2, 0) is 11.2 Å². The van der Waals surface area contributed by atoms with E-state index < -0.39 is 0 Å². The van der Waals surface area contributed by atoms with E-state index in [1.54, 1.807) is 18.2 Å². The standard InChI is InChI=1S/C10H10N2O/c11-7-8-3-4-9(2-1-5-13)10(12)6-8/h3-6H,1-2,12H2. The third kappa shape index (κ3) is 2.31. The summed E-state index contributed by atoms with van der Waals surface area (Å²) in [6.45, 7) is 0. The zero-order valence-corrected chi connectivity index (χ0v) is 7.16. The van der Waals surface area contributed by atoms with Crippen LogP contribution in [0.4, 0.5) is 5.69 Å². The number of nitrogens with zero attached hydrogens (tertiary/aromatic N) is 1. The van der Waals surface area contributed by atoms with Crippen molar-refractivity contribution in [3.8, 4) is 6.07 Å². The molecule has 0 spiro atoms. The van der Waals surface area contributed by atoms with Gasteiger partial charge in [0.15, 0.2) is 0 Å². The van der Waals surface area contributed by atoms with Crippen LogP contribution in [0.5, 0.6) is 0 Å². The SMILES string of the molecule is N#Cc1ccc(CCC=O)c(N)c1. The molecule has 0 aromatic heterocycles. The van der Waals surface area contributed by atoms with Crippen LogP contribution in [0.3, 0.4) is 0 Å². The smallest absolute Gasteiger partial charge is 0.120 e. The Morgan fingerprint density at radius 1 is 1.54 bits per heavy atom. The number of carbonyl (C=O) groups is 1. The lowest BCUT2D eigenvalue weighted by atomic mass is 10.1. The Balaban J connectivity index is 2.86. The van der Waals surface area contributed by atoms with E-state index in [2.05, 4.69) is 0 Å². The number of aldehydes is 1. The summed E-state index contributed by atoms with van der Waals surface area (Å²) in [7, 11) is 0. The van der Waals surface area contributed by atoms with Gasteiger partial charge in [-0.1, -0.05) is 6.07 Å². The molecule has 0 bridgehead atoms. The average molecular weight is 174 g/mol. The van der Waals surface area contributed by atoms with Crippen molar-refractivity contribution in [1.29, 1.82) is 5.26 Å². The molecule has 0 unspecified atom stereocenters.